The third-order valence-corrected chi connectivity index (χ3v) is 10.3. The van der Waals surface area contributed by atoms with Crippen LogP contribution in [0.3, 0.4) is 0 Å². The first-order valence-corrected chi connectivity index (χ1v) is 16.1. The van der Waals surface area contributed by atoms with Crippen molar-refractivity contribution >= 4 is 46.4 Å². The summed E-state index contributed by atoms with van der Waals surface area (Å²) in [6.07, 6.45) is 1.65. The number of hydrogen-bond donors (Lipinski definition) is 0. The molecule has 0 saturated carbocycles. The Labute approximate surface area is 256 Å². The van der Waals surface area contributed by atoms with Gasteiger partial charge in [0.15, 0.2) is 0 Å². The van der Waals surface area contributed by atoms with E-state index in [1.165, 1.54) is 12.0 Å². The van der Waals surface area contributed by atoms with E-state index in [2.05, 4.69) is 32.7 Å². The molecule has 3 aromatic rings. The maximum absolute atomic E-state index is 13.7. The van der Waals surface area contributed by atoms with Crippen LogP contribution < -0.4 is 0 Å². The van der Waals surface area contributed by atoms with E-state index in [1.54, 1.807) is 17.4 Å². The molecule has 0 radical (unpaired) electrons. The molecule has 3 aliphatic rings. The van der Waals surface area contributed by atoms with Gasteiger partial charge in [-0.3, -0.25) is 19.4 Å². The van der Waals surface area contributed by atoms with E-state index in [9.17, 15) is 9.59 Å². The molecule has 2 aromatic carbocycles. The Morgan fingerprint density at radius 3 is 2.34 bits per heavy atom. The molecule has 6 nitrogen and oxygen atoms in total. The summed E-state index contributed by atoms with van der Waals surface area (Å²) in [4.78, 5) is 36.2. The zero-order chi connectivity index (χ0) is 28.7. The summed E-state index contributed by atoms with van der Waals surface area (Å²) < 4.78 is 0. The first kappa shape index (κ1) is 28.7. The van der Waals surface area contributed by atoms with Gasteiger partial charge in [0.05, 0.1) is 16.1 Å². The van der Waals surface area contributed by atoms with Gasteiger partial charge in [-0.25, -0.2) is 0 Å². The minimum atomic E-state index is -0.281. The van der Waals surface area contributed by atoms with Crippen LogP contribution in [-0.4, -0.2) is 82.8 Å². The number of rotatable bonds is 7. The Morgan fingerprint density at radius 1 is 0.902 bits per heavy atom. The number of piperazine rings is 2. The van der Waals surface area contributed by atoms with Crippen LogP contribution in [0.2, 0.25) is 10.0 Å². The maximum Gasteiger partial charge on any atom is 0.254 e. The molecule has 1 aromatic heterocycles. The number of hydrogen-bond acceptors (Lipinski definition) is 5. The smallest absolute Gasteiger partial charge is 0.254 e. The summed E-state index contributed by atoms with van der Waals surface area (Å²) in [7, 11) is 0. The molecule has 4 heterocycles. The normalized spacial score (nSPS) is 23.0. The third kappa shape index (κ3) is 6.20. The fourth-order valence-electron chi connectivity index (χ4n) is 6.85. The molecule has 41 heavy (non-hydrogen) atoms. The van der Waals surface area contributed by atoms with Crippen molar-refractivity contribution in [2.75, 3.05) is 39.3 Å². The van der Waals surface area contributed by atoms with E-state index in [4.69, 9.17) is 23.2 Å². The van der Waals surface area contributed by atoms with E-state index in [0.717, 1.165) is 42.9 Å². The summed E-state index contributed by atoms with van der Waals surface area (Å²) in [5.74, 6) is 0.117. The molecule has 0 spiro atoms. The molecule has 2 bridgehead atoms. The van der Waals surface area contributed by atoms with Crippen molar-refractivity contribution < 1.29 is 9.59 Å². The predicted octanol–water partition coefficient (Wildman–Crippen LogP) is 6.05. The standard InChI is InChI=1S/C32H36Cl2N4O2S/c1-21-11-22(2)13-25(12-21)32(40)36-8-9-38(30(19-36)24-3-4-28(33)29(34)14-24)31(39)5-7-35-17-27-15-26(35)18-37(27)16-23-6-10-41-20-23/h3-4,6,10-14,20,26-27,30H,5,7-9,15-19H2,1-2H3/t26-,27-,30-/m0/s1. The Bertz CT molecular complexity index is 1410. The van der Waals surface area contributed by atoms with E-state index in [1.807, 2.05) is 47.9 Å². The first-order valence-electron chi connectivity index (χ1n) is 14.4. The average molecular weight is 612 g/mol. The van der Waals surface area contributed by atoms with E-state index in [0.29, 0.717) is 53.7 Å². The van der Waals surface area contributed by atoms with Crippen molar-refractivity contribution in [2.24, 2.45) is 0 Å². The molecule has 3 aliphatic heterocycles. The van der Waals surface area contributed by atoms with Crippen LogP contribution in [0.1, 0.15) is 51.5 Å². The van der Waals surface area contributed by atoms with Crippen LogP contribution in [0.15, 0.2) is 53.2 Å². The zero-order valence-corrected chi connectivity index (χ0v) is 25.9. The number of nitrogens with zero attached hydrogens (tertiary/aromatic N) is 4. The topological polar surface area (TPSA) is 47.1 Å². The predicted molar refractivity (Wildman–Crippen MR) is 166 cm³/mol. The van der Waals surface area contributed by atoms with Gasteiger partial charge >= 0.3 is 0 Å². The minimum absolute atomic E-state index is 0.00550. The summed E-state index contributed by atoms with van der Waals surface area (Å²) >= 11 is 14.4. The fraction of sp³-hybridized carbons (Fsp3) is 0.438. The van der Waals surface area contributed by atoms with Gasteiger partial charge in [-0.2, -0.15) is 11.3 Å². The first-order chi connectivity index (χ1) is 19.7. The SMILES string of the molecule is Cc1cc(C)cc(C(=O)N2CCN(C(=O)CCN3C[C@@H]4C[C@H]3CN4Cc3ccsc3)[C@H](c3ccc(Cl)c(Cl)c3)C2)c1. The average Bonchev–Trinajstić information content (AvgIpc) is 3.70. The number of halogens is 2. The molecule has 3 saturated heterocycles. The Hall–Kier alpha value is -2.42. The van der Waals surface area contributed by atoms with Crippen molar-refractivity contribution in [2.45, 2.75) is 51.4 Å². The van der Waals surface area contributed by atoms with Crippen LogP contribution in [-0.2, 0) is 11.3 Å². The number of carbonyl (C=O) groups excluding carboxylic acids is 2. The highest BCUT2D eigenvalue weighted by Crippen LogP contribution is 2.34. The lowest BCUT2D eigenvalue weighted by atomic mass is 10.00. The summed E-state index contributed by atoms with van der Waals surface area (Å²) in [6.45, 7) is 9.30. The highest BCUT2D eigenvalue weighted by Gasteiger charge is 2.43. The van der Waals surface area contributed by atoms with Crippen LogP contribution >= 0.6 is 34.5 Å². The van der Waals surface area contributed by atoms with Crippen molar-refractivity contribution in [3.8, 4) is 0 Å². The van der Waals surface area contributed by atoms with Crippen molar-refractivity contribution in [3.05, 3.63) is 91.1 Å². The molecule has 0 unspecified atom stereocenters. The molecular formula is C32H36Cl2N4O2S. The third-order valence-electron chi connectivity index (χ3n) is 8.83. The lowest BCUT2D eigenvalue weighted by Gasteiger charge is -2.42. The second-order valence-electron chi connectivity index (χ2n) is 11.8. The van der Waals surface area contributed by atoms with Crippen LogP contribution in [0.5, 0.6) is 0 Å². The zero-order valence-electron chi connectivity index (χ0n) is 23.6. The molecule has 2 amide bonds. The number of aryl methyl sites for hydroxylation is 2. The monoisotopic (exact) mass is 610 g/mol. The highest BCUT2D eigenvalue weighted by atomic mass is 35.5. The second kappa shape index (κ2) is 12.1. The van der Waals surface area contributed by atoms with Gasteiger partial charge < -0.3 is 9.80 Å². The van der Waals surface area contributed by atoms with Gasteiger partial charge in [-0.1, -0.05) is 46.5 Å². The highest BCUT2D eigenvalue weighted by molar-refractivity contribution is 7.07. The van der Waals surface area contributed by atoms with E-state index >= 15 is 0 Å². The molecule has 6 rings (SSSR count). The van der Waals surface area contributed by atoms with Gasteiger partial charge in [0, 0.05) is 69.9 Å². The molecule has 0 N–H and O–H groups in total. The van der Waals surface area contributed by atoms with Gasteiger partial charge in [-0.15, -0.1) is 0 Å². The van der Waals surface area contributed by atoms with Crippen LogP contribution in [0.25, 0.3) is 0 Å². The van der Waals surface area contributed by atoms with E-state index < -0.39 is 0 Å². The molecular weight excluding hydrogens is 575 g/mol. The second-order valence-corrected chi connectivity index (χ2v) is 13.3. The summed E-state index contributed by atoms with van der Waals surface area (Å²) in [5.41, 5.74) is 5.11. The quantitative estimate of drug-likeness (QED) is 0.327. The van der Waals surface area contributed by atoms with Gasteiger partial charge in [-0.05, 0) is 72.5 Å². The number of fused-ring (bicyclic) bond motifs is 2. The molecule has 0 aliphatic carbocycles. The number of carbonyl (C=O) groups is 2. The van der Waals surface area contributed by atoms with Crippen molar-refractivity contribution in [1.29, 1.82) is 0 Å². The number of amides is 2. The minimum Gasteiger partial charge on any atom is -0.334 e. The Kier molecular flexibility index (Phi) is 8.44. The lowest BCUT2D eigenvalue weighted by molar-refractivity contribution is -0.136. The maximum atomic E-state index is 13.7. The van der Waals surface area contributed by atoms with Gasteiger partial charge in [0.25, 0.3) is 5.91 Å². The van der Waals surface area contributed by atoms with E-state index in [-0.39, 0.29) is 17.9 Å². The summed E-state index contributed by atoms with van der Waals surface area (Å²) in [6, 6.07) is 14.5. The van der Waals surface area contributed by atoms with Gasteiger partial charge in [0.1, 0.15) is 0 Å². The molecule has 216 valence electrons. The largest absolute Gasteiger partial charge is 0.334 e. The van der Waals surface area contributed by atoms with Crippen LogP contribution in [0, 0.1) is 13.8 Å². The van der Waals surface area contributed by atoms with Crippen molar-refractivity contribution in [1.82, 2.24) is 19.6 Å². The number of likely N-dealkylation sites (tertiary alicyclic amines) is 2. The van der Waals surface area contributed by atoms with Crippen molar-refractivity contribution in [3.63, 3.8) is 0 Å². The summed E-state index contributed by atoms with van der Waals surface area (Å²) in [5, 5.41) is 5.31. The number of thiophene rings is 1. The molecule has 3 fully saturated rings. The molecule has 3 atom stereocenters. The number of benzene rings is 2. The molecule has 9 heteroatoms. The fourth-order valence-corrected chi connectivity index (χ4v) is 7.82. The van der Waals surface area contributed by atoms with Gasteiger partial charge in [0.2, 0.25) is 5.91 Å². The Balaban J connectivity index is 1.12. The Morgan fingerprint density at radius 2 is 1.66 bits per heavy atom. The lowest BCUT2D eigenvalue weighted by Crippen LogP contribution is -2.53. The van der Waals surface area contributed by atoms with Crippen LogP contribution in [0.4, 0.5) is 0 Å².